The minimum atomic E-state index is -0.0268. The van der Waals surface area contributed by atoms with Gasteiger partial charge in [0.1, 0.15) is 0 Å². The molecule has 1 amide bonds. The van der Waals surface area contributed by atoms with Crippen molar-refractivity contribution in [3.8, 4) is 0 Å². The predicted octanol–water partition coefficient (Wildman–Crippen LogP) is 0.868. The van der Waals surface area contributed by atoms with E-state index in [0.29, 0.717) is 13.2 Å². The number of amides is 1. The highest BCUT2D eigenvalue weighted by Crippen LogP contribution is 2.00. The zero-order chi connectivity index (χ0) is 12.1. The predicted molar refractivity (Wildman–Crippen MR) is 61.9 cm³/mol. The van der Waals surface area contributed by atoms with Gasteiger partial charge in [0.15, 0.2) is 0 Å². The van der Waals surface area contributed by atoms with Crippen molar-refractivity contribution in [2.75, 3.05) is 27.3 Å². The monoisotopic (exact) mass is 216 g/mol. The average Bonchev–Trinajstić information content (AvgIpc) is 2.12. The largest absolute Gasteiger partial charge is 0.383 e. The summed E-state index contributed by atoms with van der Waals surface area (Å²) in [6, 6.07) is 0.115. The first-order valence-corrected chi connectivity index (χ1v) is 5.27. The van der Waals surface area contributed by atoms with Crippen LogP contribution in [0.3, 0.4) is 0 Å². The molecule has 4 heteroatoms. The molecule has 0 aromatic carbocycles. The Morgan fingerprint density at radius 2 is 2.00 bits per heavy atom. The van der Waals surface area contributed by atoms with E-state index < -0.39 is 0 Å². The molecule has 0 aliphatic rings. The van der Waals surface area contributed by atoms with E-state index in [9.17, 15) is 4.79 Å². The van der Waals surface area contributed by atoms with Crippen LogP contribution in [0.25, 0.3) is 0 Å². The molecule has 0 saturated heterocycles. The molecule has 0 fully saturated rings. The molecule has 0 heterocycles. The molecule has 0 spiro atoms. The SMILES string of the molecule is COCC(C)N(C)C(=O)CNC(C)(C)C. The minimum absolute atomic E-state index is 0.0268. The lowest BCUT2D eigenvalue weighted by molar-refractivity contribution is -0.131. The number of nitrogens with one attached hydrogen (secondary N) is 1. The number of carbonyl (C=O) groups excluding carboxylic acids is 1. The van der Waals surface area contributed by atoms with E-state index in [4.69, 9.17) is 4.74 Å². The first-order valence-electron chi connectivity index (χ1n) is 5.27. The molecule has 0 aliphatic heterocycles. The van der Waals surface area contributed by atoms with Crippen LogP contribution in [0.1, 0.15) is 27.7 Å². The van der Waals surface area contributed by atoms with Gasteiger partial charge >= 0.3 is 0 Å². The second-order valence-electron chi connectivity index (χ2n) is 4.91. The maximum Gasteiger partial charge on any atom is 0.236 e. The topological polar surface area (TPSA) is 41.6 Å². The van der Waals surface area contributed by atoms with Crippen LogP contribution in [0.5, 0.6) is 0 Å². The zero-order valence-electron chi connectivity index (χ0n) is 10.8. The van der Waals surface area contributed by atoms with Crippen molar-refractivity contribution in [1.29, 1.82) is 0 Å². The van der Waals surface area contributed by atoms with E-state index in [0.717, 1.165) is 0 Å². The van der Waals surface area contributed by atoms with Gasteiger partial charge in [-0.05, 0) is 27.7 Å². The van der Waals surface area contributed by atoms with E-state index in [1.54, 1.807) is 19.1 Å². The van der Waals surface area contributed by atoms with E-state index >= 15 is 0 Å². The quantitative estimate of drug-likeness (QED) is 0.741. The third-order valence-electron chi connectivity index (χ3n) is 2.23. The first kappa shape index (κ1) is 14.4. The summed E-state index contributed by atoms with van der Waals surface area (Å²) in [5, 5.41) is 3.17. The minimum Gasteiger partial charge on any atom is -0.383 e. The molecule has 0 aliphatic carbocycles. The highest BCUT2D eigenvalue weighted by molar-refractivity contribution is 5.78. The van der Waals surface area contributed by atoms with Crippen molar-refractivity contribution in [1.82, 2.24) is 10.2 Å². The van der Waals surface area contributed by atoms with E-state index in [1.165, 1.54) is 0 Å². The highest BCUT2D eigenvalue weighted by Gasteiger charge is 2.17. The maximum atomic E-state index is 11.7. The Balaban J connectivity index is 3.99. The molecule has 0 saturated carbocycles. The van der Waals surface area contributed by atoms with Crippen molar-refractivity contribution in [2.45, 2.75) is 39.3 Å². The molecule has 15 heavy (non-hydrogen) atoms. The fraction of sp³-hybridized carbons (Fsp3) is 0.909. The second kappa shape index (κ2) is 6.08. The molecule has 4 nitrogen and oxygen atoms in total. The molecule has 90 valence electrons. The Kier molecular flexibility index (Phi) is 5.83. The molecular formula is C11H24N2O2. The standard InChI is InChI=1S/C11H24N2O2/c1-9(8-15-6)13(5)10(14)7-12-11(2,3)4/h9,12H,7-8H2,1-6H3. The van der Waals surface area contributed by atoms with Gasteiger partial charge in [-0.3, -0.25) is 4.79 Å². The van der Waals surface area contributed by atoms with Crippen LogP contribution in [0, 0.1) is 0 Å². The summed E-state index contributed by atoms with van der Waals surface area (Å²) in [7, 11) is 3.44. The number of ether oxygens (including phenoxy) is 1. The lowest BCUT2D eigenvalue weighted by Crippen LogP contribution is -2.47. The summed E-state index contributed by atoms with van der Waals surface area (Å²) in [4.78, 5) is 13.4. The Bertz CT molecular complexity index is 199. The van der Waals surface area contributed by atoms with Gasteiger partial charge in [-0.15, -0.1) is 0 Å². The van der Waals surface area contributed by atoms with Gasteiger partial charge in [-0.1, -0.05) is 0 Å². The third kappa shape index (κ3) is 6.47. The Morgan fingerprint density at radius 1 is 1.47 bits per heavy atom. The smallest absolute Gasteiger partial charge is 0.236 e. The van der Waals surface area contributed by atoms with Crippen molar-refractivity contribution in [2.24, 2.45) is 0 Å². The van der Waals surface area contributed by atoms with Crippen LogP contribution in [0.2, 0.25) is 0 Å². The average molecular weight is 216 g/mol. The summed E-state index contributed by atoms with van der Waals surface area (Å²) in [6.07, 6.45) is 0. The van der Waals surface area contributed by atoms with Crippen LogP contribution in [-0.4, -0.2) is 49.7 Å². The van der Waals surface area contributed by atoms with Crippen molar-refractivity contribution >= 4 is 5.91 Å². The van der Waals surface area contributed by atoms with Gasteiger partial charge in [0, 0.05) is 19.7 Å². The van der Waals surface area contributed by atoms with Gasteiger partial charge in [0.05, 0.1) is 19.2 Å². The Hall–Kier alpha value is -0.610. The maximum absolute atomic E-state index is 11.7. The Morgan fingerprint density at radius 3 is 2.40 bits per heavy atom. The lowest BCUT2D eigenvalue weighted by atomic mass is 10.1. The summed E-state index contributed by atoms with van der Waals surface area (Å²) in [5.41, 5.74) is -0.0268. The number of likely N-dealkylation sites (N-methyl/N-ethyl adjacent to an activating group) is 1. The summed E-state index contributed by atoms with van der Waals surface area (Å²) < 4.78 is 5.01. The molecule has 1 N–H and O–H groups in total. The van der Waals surface area contributed by atoms with Crippen LogP contribution in [-0.2, 0) is 9.53 Å². The van der Waals surface area contributed by atoms with Gasteiger partial charge in [-0.2, -0.15) is 0 Å². The van der Waals surface area contributed by atoms with Crippen molar-refractivity contribution in [3.63, 3.8) is 0 Å². The summed E-state index contributed by atoms with van der Waals surface area (Å²) in [6.45, 7) is 9.03. The Labute approximate surface area is 93.0 Å². The highest BCUT2D eigenvalue weighted by atomic mass is 16.5. The number of methoxy groups -OCH3 is 1. The number of hydrogen-bond donors (Lipinski definition) is 1. The van der Waals surface area contributed by atoms with E-state index in [1.807, 2.05) is 27.7 Å². The van der Waals surface area contributed by atoms with E-state index in [-0.39, 0.29) is 17.5 Å². The van der Waals surface area contributed by atoms with Crippen LogP contribution in [0.4, 0.5) is 0 Å². The summed E-state index contributed by atoms with van der Waals surface area (Å²) in [5.74, 6) is 0.0921. The molecule has 1 unspecified atom stereocenters. The molecule has 0 radical (unpaired) electrons. The van der Waals surface area contributed by atoms with Gasteiger partial charge in [0.25, 0.3) is 0 Å². The second-order valence-corrected chi connectivity index (χ2v) is 4.91. The first-order chi connectivity index (χ1) is 6.78. The van der Waals surface area contributed by atoms with Gasteiger partial charge in [-0.25, -0.2) is 0 Å². The van der Waals surface area contributed by atoms with Crippen LogP contribution >= 0.6 is 0 Å². The summed E-state index contributed by atoms with van der Waals surface area (Å²) >= 11 is 0. The van der Waals surface area contributed by atoms with Crippen molar-refractivity contribution < 1.29 is 9.53 Å². The molecular weight excluding hydrogens is 192 g/mol. The molecule has 0 rings (SSSR count). The number of nitrogens with zero attached hydrogens (tertiary/aromatic N) is 1. The molecule has 1 atom stereocenters. The molecule has 0 bridgehead atoms. The van der Waals surface area contributed by atoms with Gasteiger partial charge < -0.3 is 15.0 Å². The fourth-order valence-electron chi connectivity index (χ4n) is 1.06. The number of carbonyl (C=O) groups is 1. The van der Waals surface area contributed by atoms with Crippen molar-refractivity contribution in [3.05, 3.63) is 0 Å². The van der Waals surface area contributed by atoms with Crippen LogP contribution in [0.15, 0.2) is 0 Å². The zero-order valence-corrected chi connectivity index (χ0v) is 10.8. The number of rotatable bonds is 5. The van der Waals surface area contributed by atoms with Gasteiger partial charge in [0.2, 0.25) is 5.91 Å². The lowest BCUT2D eigenvalue weighted by Gasteiger charge is -2.27. The van der Waals surface area contributed by atoms with Crippen LogP contribution < -0.4 is 5.32 Å². The molecule has 0 aromatic rings. The van der Waals surface area contributed by atoms with E-state index in [2.05, 4.69) is 5.32 Å². The molecule has 0 aromatic heterocycles. The number of hydrogen-bond acceptors (Lipinski definition) is 3. The normalized spacial score (nSPS) is 13.7. The third-order valence-corrected chi connectivity index (χ3v) is 2.23. The fourth-order valence-corrected chi connectivity index (χ4v) is 1.06.